The predicted octanol–water partition coefficient (Wildman–Crippen LogP) is 1.55. The summed E-state index contributed by atoms with van der Waals surface area (Å²) in [7, 11) is 0. The normalized spacial score (nSPS) is 15.8. The van der Waals surface area contributed by atoms with Crippen LogP contribution in [0.4, 0.5) is 11.6 Å². The molecule has 0 bridgehead atoms. The lowest BCUT2D eigenvalue weighted by molar-refractivity contribution is -0.116. The van der Waals surface area contributed by atoms with Gasteiger partial charge in [0.05, 0.1) is 18.1 Å². The van der Waals surface area contributed by atoms with Gasteiger partial charge < -0.3 is 10.2 Å². The van der Waals surface area contributed by atoms with Gasteiger partial charge in [-0.2, -0.15) is 5.10 Å². The van der Waals surface area contributed by atoms with Crippen LogP contribution in [0.3, 0.4) is 0 Å². The molecule has 7 nitrogen and oxygen atoms in total. The monoisotopic (exact) mass is 300 g/mol. The molecule has 1 saturated heterocycles. The fraction of sp³-hybridized carbons (Fsp3) is 0.467. The van der Waals surface area contributed by atoms with Crippen molar-refractivity contribution in [2.45, 2.75) is 26.3 Å². The largest absolute Gasteiger partial charge is 0.341 e. The molecule has 0 aromatic carbocycles. The highest BCUT2D eigenvalue weighted by Gasteiger charge is 2.17. The second kappa shape index (κ2) is 6.55. The van der Waals surface area contributed by atoms with Crippen LogP contribution >= 0.6 is 0 Å². The number of carbonyl (C=O) groups is 1. The fourth-order valence-electron chi connectivity index (χ4n) is 2.50. The first-order chi connectivity index (χ1) is 10.7. The van der Waals surface area contributed by atoms with E-state index in [9.17, 15) is 4.79 Å². The lowest BCUT2D eigenvalue weighted by Crippen LogP contribution is -2.34. The van der Waals surface area contributed by atoms with E-state index in [0.717, 1.165) is 25.0 Å². The molecule has 1 fully saturated rings. The number of hydrogen-bond donors (Lipinski definition) is 1. The highest BCUT2D eigenvalue weighted by molar-refractivity contribution is 5.90. The molecular formula is C15H20N6O. The minimum atomic E-state index is -0.146. The highest BCUT2D eigenvalue weighted by atomic mass is 16.2. The number of piperidine rings is 1. The van der Waals surface area contributed by atoms with E-state index in [1.165, 1.54) is 12.8 Å². The maximum absolute atomic E-state index is 11.9. The quantitative estimate of drug-likeness (QED) is 0.927. The van der Waals surface area contributed by atoms with Crippen LogP contribution in [-0.4, -0.2) is 38.7 Å². The van der Waals surface area contributed by atoms with E-state index in [-0.39, 0.29) is 12.5 Å². The first-order valence-corrected chi connectivity index (χ1v) is 7.55. The zero-order valence-electron chi connectivity index (χ0n) is 12.6. The molecule has 1 amide bonds. The molecule has 116 valence electrons. The van der Waals surface area contributed by atoms with Crippen molar-refractivity contribution in [1.82, 2.24) is 19.7 Å². The maximum Gasteiger partial charge on any atom is 0.246 e. The number of amides is 1. The summed E-state index contributed by atoms with van der Waals surface area (Å²) >= 11 is 0. The number of anilines is 2. The van der Waals surface area contributed by atoms with E-state index < -0.39 is 0 Å². The molecule has 1 aliphatic rings. The standard InChI is InChI=1S/C15H20N6O/c1-12-3-7-20(8-4-12)15-16-9-13(10-17-15)19-14(22)11-21-6-2-5-18-21/h2,5-6,9-10,12H,3-4,7-8,11H2,1H3,(H,19,22). The van der Waals surface area contributed by atoms with Gasteiger partial charge >= 0.3 is 0 Å². The number of carbonyl (C=O) groups excluding carboxylic acids is 1. The van der Waals surface area contributed by atoms with Crippen LogP contribution in [0.15, 0.2) is 30.9 Å². The second-order valence-electron chi connectivity index (χ2n) is 5.69. The van der Waals surface area contributed by atoms with Crippen LogP contribution in [0.5, 0.6) is 0 Å². The Morgan fingerprint density at radius 2 is 2.05 bits per heavy atom. The van der Waals surface area contributed by atoms with Gasteiger partial charge in [-0.25, -0.2) is 9.97 Å². The van der Waals surface area contributed by atoms with Crippen molar-refractivity contribution in [3.63, 3.8) is 0 Å². The summed E-state index contributed by atoms with van der Waals surface area (Å²) in [4.78, 5) is 22.8. The number of nitrogens with one attached hydrogen (secondary N) is 1. The van der Waals surface area contributed by atoms with Gasteiger partial charge in [0.2, 0.25) is 11.9 Å². The number of aromatic nitrogens is 4. The van der Waals surface area contributed by atoms with Crippen LogP contribution in [0, 0.1) is 5.92 Å². The molecule has 0 saturated carbocycles. The van der Waals surface area contributed by atoms with Gasteiger partial charge in [-0.1, -0.05) is 6.92 Å². The van der Waals surface area contributed by atoms with Crippen molar-refractivity contribution in [2.75, 3.05) is 23.3 Å². The van der Waals surface area contributed by atoms with Gasteiger partial charge in [-0.3, -0.25) is 9.48 Å². The number of hydrogen-bond acceptors (Lipinski definition) is 5. The van der Waals surface area contributed by atoms with E-state index in [0.29, 0.717) is 5.69 Å². The molecule has 3 heterocycles. The molecule has 1 N–H and O–H groups in total. The average Bonchev–Trinajstić information content (AvgIpc) is 3.02. The maximum atomic E-state index is 11.9. The molecule has 22 heavy (non-hydrogen) atoms. The van der Waals surface area contributed by atoms with E-state index >= 15 is 0 Å². The third-order valence-corrected chi connectivity index (χ3v) is 3.85. The number of rotatable bonds is 4. The summed E-state index contributed by atoms with van der Waals surface area (Å²) in [5, 5.41) is 6.77. The minimum Gasteiger partial charge on any atom is -0.341 e. The fourth-order valence-corrected chi connectivity index (χ4v) is 2.50. The SMILES string of the molecule is CC1CCN(c2ncc(NC(=O)Cn3cccn3)cn2)CC1. The summed E-state index contributed by atoms with van der Waals surface area (Å²) in [5.41, 5.74) is 0.603. The second-order valence-corrected chi connectivity index (χ2v) is 5.69. The summed E-state index contributed by atoms with van der Waals surface area (Å²) in [6.07, 6.45) is 9.04. The van der Waals surface area contributed by atoms with E-state index in [4.69, 9.17) is 0 Å². The van der Waals surface area contributed by atoms with Crippen molar-refractivity contribution in [3.8, 4) is 0 Å². The Labute approximate surface area is 129 Å². The smallest absolute Gasteiger partial charge is 0.246 e. The molecule has 0 atom stereocenters. The van der Waals surface area contributed by atoms with Gasteiger partial charge in [0.1, 0.15) is 6.54 Å². The molecule has 0 spiro atoms. The van der Waals surface area contributed by atoms with Crippen LogP contribution in [-0.2, 0) is 11.3 Å². The lowest BCUT2D eigenvalue weighted by atomic mass is 10.00. The van der Waals surface area contributed by atoms with Gasteiger partial charge in [0, 0.05) is 25.5 Å². The van der Waals surface area contributed by atoms with Crippen LogP contribution in [0.1, 0.15) is 19.8 Å². The Morgan fingerprint density at radius 3 is 2.68 bits per heavy atom. The topological polar surface area (TPSA) is 75.9 Å². The Kier molecular flexibility index (Phi) is 4.32. The van der Waals surface area contributed by atoms with E-state index in [1.54, 1.807) is 35.5 Å². The van der Waals surface area contributed by atoms with Gasteiger partial charge in [0.25, 0.3) is 0 Å². The Hall–Kier alpha value is -2.44. The third-order valence-electron chi connectivity index (χ3n) is 3.85. The molecule has 2 aromatic rings. The summed E-state index contributed by atoms with van der Waals surface area (Å²) < 4.78 is 1.57. The molecule has 0 radical (unpaired) electrons. The predicted molar refractivity (Wildman–Crippen MR) is 83.5 cm³/mol. The summed E-state index contributed by atoms with van der Waals surface area (Å²) in [6, 6.07) is 1.78. The van der Waals surface area contributed by atoms with Crippen LogP contribution in [0.2, 0.25) is 0 Å². The van der Waals surface area contributed by atoms with Crippen molar-refractivity contribution in [2.24, 2.45) is 5.92 Å². The summed E-state index contributed by atoms with van der Waals surface area (Å²) in [5.74, 6) is 1.36. The van der Waals surface area contributed by atoms with Gasteiger partial charge in [-0.15, -0.1) is 0 Å². The van der Waals surface area contributed by atoms with Crippen molar-refractivity contribution >= 4 is 17.5 Å². The van der Waals surface area contributed by atoms with E-state index in [1.807, 2.05) is 0 Å². The molecule has 7 heteroatoms. The Balaban J connectivity index is 1.56. The average molecular weight is 300 g/mol. The zero-order valence-corrected chi connectivity index (χ0v) is 12.6. The van der Waals surface area contributed by atoms with Crippen LogP contribution < -0.4 is 10.2 Å². The summed E-state index contributed by atoms with van der Waals surface area (Å²) in [6.45, 7) is 4.44. The van der Waals surface area contributed by atoms with E-state index in [2.05, 4.69) is 32.2 Å². The zero-order chi connectivity index (χ0) is 15.4. The van der Waals surface area contributed by atoms with Gasteiger partial charge in [0.15, 0.2) is 0 Å². The molecule has 0 unspecified atom stereocenters. The van der Waals surface area contributed by atoms with Crippen molar-refractivity contribution < 1.29 is 4.79 Å². The Morgan fingerprint density at radius 1 is 1.32 bits per heavy atom. The van der Waals surface area contributed by atoms with Crippen molar-refractivity contribution in [3.05, 3.63) is 30.9 Å². The molecular weight excluding hydrogens is 280 g/mol. The minimum absolute atomic E-state index is 0.146. The first kappa shape index (κ1) is 14.5. The molecule has 3 rings (SSSR count). The molecule has 2 aromatic heterocycles. The van der Waals surface area contributed by atoms with Crippen LogP contribution in [0.25, 0.3) is 0 Å². The third kappa shape index (κ3) is 3.60. The Bertz CT molecular complexity index is 601. The molecule has 0 aliphatic carbocycles. The highest BCUT2D eigenvalue weighted by Crippen LogP contribution is 2.20. The first-order valence-electron chi connectivity index (χ1n) is 7.55. The number of nitrogens with zero attached hydrogens (tertiary/aromatic N) is 5. The van der Waals surface area contributed by atoms with Gasteiger partial charge in [-0.05, 0) is 24.8 Å². The van der Waals surface area contributed by atoms with Crippen molar-refractivity contribution in [1.29, 1.82) is 0 Å². The lowest BCUT2D eigenvalue weighted by Gasteiger charge is -2.30. The molecule has 1 aliphatic heterocycles.